The summed E-state index contributed by atoms with van der Waals surface area (Å²) >= 11 is 0. The summed E-state index contributed by atoms with van der Waals surface area (Å²) < 4.78 is 7.27. The molecule has 4 heteroatoms. The topological polar surface area (TPSA) is 53.1 Å². The molecule has 0 bridgehead atoms. The van der Waals surface area contributed by atoms with Crippen LogP contribution in [0.15, 0.2) is 6.07 Å². The highest BCUT2D eigenvalue weighted by Crippen LogP contribution is 2.21. The normalized spacial score (nSPS) is 23.3. The van der Waals surface area contributed by atoms with Gasteiger partial charge in [-0.3, -0.25) is 0 Å². The fourth-order valence-corrected chi connectivity index (χ4v) is 1.75. The number of nitrogens with two attached hydrogens (primary N) is 1. The van der Waals surface area contributed by atoms with E-state index in [9.17, 15) is 0 Å². The van der Waals surface area contributed by atoms with Crippen molar-refractivity contribution in [2.75, 3.05) is 18.9 Å². The molecule has 2 heterocycles. The Morgan fingerprint density at radius 2 is 2.54 bits per heavy atom. The second-order valence-electron chi connectivity index (χ2n) is 3.53. The lowest BCUT2D eigenvalue weighted by atomic mass is 10.1. The van der Waals surface area contributed by atoms with E-state index in [2.05, 4.69) is 5.10 Å². The van der Waals surface area contributed by atoms with Crippen LogP contribution in [0.1, 0.15) is 24.6 Å². The minimum Gasteiger partial charge on any atom is -0.384 e. The zero-order chi connectivity index (χ0) is 9.26. The van der Waals surface area contributed by atoms with Gasteiger partial charge in [-0.2, -0.15) is 5.10 Å². The average molecular weight is 181 g/mol. The molecule has 1 aliphatic rings. The number of anilines is 1. The summed E-state index contributed by atoms with van der Waals surface area (Å²) in [5.41, 5.74) is 6.79. The monoisotopic (exact) mass is 181 g/mol. The van der Waals surface area contributed by atoms with Gasteiger partial charge in [-0.1, -0.05) is 0 Å². The van der Waals surface area contributed by atoms with Crippen molar-refractivity contribution in [3.8, 4) is 0 Å². The molecule has 4 nitrogen and oxygen atoms in total. The van der Waals surface area contributed by atoms with Crippen molar-refractivity contribution in [1.29, 1.82) is 0 Å². The minimum atomic E-state index is 0.336. The molecule has 1 aromatic rings. The smallest absolute Gasteiger partial charge is 0.122 e. The summed E-state index contributed by atoms with van der Waals surface area (Å²) in [5, 5.41) is 4.35. The SMILES string of the molecule is Cc1cc(N)n(C2CCCOC2)n1. The molecule has 1 aromatic heterocycles. The van der Waals surface area contributed by atoms with Crippen molar-refractivity contribution in [1.82, 2.24) is 9.78 Å². The van der Waals surface area contributed by atoms with Crippen LogP contribution in [0.5, 0.6) is 0 Å². The molecule has 0 spiro atoms. The van der Waals surface area contributed by atoms with Crippen LogP contribution < -0.4 is 5.73 Å². The fourth-order valence-electron chi connectivity index (χ4n) is 1.75. The predicted octanol–water partition coefficient (Wildman–Crippen LogP) is 1.13. The van der Waals surface area contributed by atoms with Crippen LogP contribution >= 0.6 is 0 Å². The largest absolute Gasteiger partial charge is 0.384 e. The molecule has 1 atom stereocenters. The minimum absolute atomic E-state index is 0.336. The van der Waals surface area contributed by atoms with E-state index in [0.29, 0.717) is 6.04 Å². The van der Waals surface area contributed by atoms with Crippen LogP contribution in [0.25, 0.3) is 0 Å². The van der Waals surface area contributed by atoms with Crippen LogP contribution in [0.4, 0.5) is 5.82 Å². The molecule has 0 radical (unpaired) electrons. The van der Waals surface area contributed by atoms with Crippen molar-refractivity contribution < 1.29 is 4.74 Å². The Hall–Kier alpha value is -1.03. The zero-order valence-corrected chi connectivity index (χ0v) is 7.86. The molecule has 1 saturated heterocycles. The molecule has 1 aliphatic heterocycles. The Bertz CT molecular complexity index is 289. The Kier molecular flexibility index (Phi) is 2.22. The van der Waals surface area contributed by atoms with E-state index < -0.39 is 0 Å². The van der Waals surface area contributed by atoms with Gasteiger partial charge in [0.15, 0.2) is 0 Å². The summed E-state index contributed by atoms with van der Waals surface area (Å²) in [6, 6.07) is 2.23. The molecular weight excluding hydrogens is 166 g/mol. The summed E-state index contributed by atoms with van der Waals surface area (Å²) in [5.74, 6) is 0.744. The molecule has 0 aromatic carbocycles. The van der Waals surface area contributed by atoms with E-state index in [-0.39, 0.29) is 0 Å². The van der Waals surface area contributed by atoms with E-state index in [1.807, 2.05) is 17.7 Å². The predicted molar refractivity (Wildman–Crippen MR) is 50.5 cm³/mol. The maximum Gasteiger partial charge on any atom is 0.122 e. The first-order chi connectivity index (χ1) is 6.27. The van der Waals surface area contributed by atoms with Gasteiger partial charge in [-0.05, 0) is 19.8 Å². The van der Waals surface area contributed by atoms with E-state index in [0.717, 1.165) is 37.6 Å². The van der Waals surface area contributed by atoms with Gasteiger partial charge in [0.05, 0.1) is 18.3 Å². The van der Waals surface area contributed by atoms with Crippen LogP contribution in [-0.2, 0) is 4.74 Å². The number of nitrogens with zero attached hydrogens (tertiary/aromatic N) is 2. The van der Waals surface area contributed by atoms with Gasteiger partial charge >= 0.3 is 0 Å². The summed E-state index contributed by atoms with van der Waals surface area (Å²) in [6.45, 7) is 3.57. The van der Waals surface area contributed by atoms with Gasteiger partial charge < -0.3 is 10.5 Å². The van der Waals surface area contributed by atoms with Crippen LogP contribution in [0.3, 0.4) is 0 Å². The van der Waals surface area contributed by atoms with Crippen molar-refractivity contribution in [3.05, 3.63) is 11.8 Å². The van der Waals surface area contributed by atoms with Gasteiger partial charge in [0.25, 0.3) is 0 Å². The quantitative estimate of drug-likeness (QED) is 0.706. The number of rotatable bonds is 1. The third kappa shape index (κ3) is 1.67. The first-order valence-corrected chi connectivity index (χ1v) is 4.67. The standard InChI is InChI=1S/C9H15N3O/c1-7-5-9(10)12(11-7)8-3-2-4-13-6-8/h5,8H,2-4,6,10H2,1H3. The molecule has 2 N–H and O–H groups in total. The van der Waals surface area contributed by atoms with E-state index >= 15 is 0 Å². The van der Waals surface area contributed by atoms with Gasteiger partial charge in [0, 0.05) is 12.7 Å². The lowest BCUT2D eigenvalue weighted by Crippen LogP contribution is -2.23. The number of aryl methyl sites for hydroxylation is 1. The molecular formula is C9H15N3O. The summed E-state index contributed by atoms with van der Waals surface area (Å²) in [4.78, 5) is 0. The van der Waals surface area contributed by atoms with Crippen molar-refractivity contribution in [2.24, 2.45) is 0 Å². The van der Waals surface area contributed by atoms with Crippen molar-refractivity contribution in [3.63, 3.8) is 0 Å². The van der Waals surface area contributed by atoms with Gasteiger partial charge in [-0.15, -0.1) is 0 Å². The summed E-state index contributed by atoms with van der Waals surface area (Å²) in [7, 11) is 0. The molecule has 1 fully saturated rings. The average Bonchev–Trinajstić information content (AvgIpc) is 2.47. The fraction of sp³-hybridized carbons (Fsp3) is 0.667. The number of hydrogen-bond acceptors (Lipinski definition) is 3. The Morgan fingerprint density at radius 3 is 3.08 bits per heavy atom. The second kappa shape index (κ2) is 3.38. The second-order valence-corrected chi connectivity index (χ2v) is 3.53. The molecule has 2 rings (SSSR count). The highest BCUT2D eigenvalue weighted by atomic mass is 16.5. The number of nitrogen functional groups attached to an aromatic ring is 1. The Labute approximate surface area is 77.7 Å². The molecule has 1 unspecified atom stereocenters. The first-order valence-electron chi connectivity index (χ1n) is 4.67. The molecule has 0 amide bonds. The molecule has 13 heavy (non-hydrogen) atoms. The maximum absolute atomic E-state index is 5.82. The number of ether oxygens (including phenoxy) is 1. The van der Waals surface area contributed by atoms with Crippen LogP contribution in [-0.4, -0.2) is 23.0 Å². The highest BCUT2D eigenvalue weighted by Gasteiger charge is 2.18. The molecule has 0 aliphatic carbocycles. The Balaban J connectivity index is 2.18. The lowest BCUT2D eigenvalue weighted by molar-refractivity contribution is 0.0556. The van der Waals surface area contributed by atoms with E-state index in [1.165, 1.54) is 0 Å². The van der Waals surface area contributed by atoms with Crippen LogP contribution in [0, 0.1) is 6.92 Å². The highest BCUT2D eigenvalue weighted by molar-refractivity contribution is 5.30. The van der Waals surface area contributed by atoms with E-state index in [1.54, 1.807) is 0 Å². The van der Waals surface area contributed by atoms with Gasteiger partial charge in [0.1, 0.15) is 5.82 Å². The van der Waals surface area contributed by atoms with Crippen molar-refractivity contribution >= 4 is 5.82 Å². The van der Waals surface area contributed by atoms with E-state index in [4.69, 9.17) is 10.5 Å². The van der Waals surface area contributed by atoms with Crippen LogP contribution in [0.2, 0.25) is 0 Å². The Morgan fingerprint density at radius 1 is 1.69 bits per heavy atom. The lowest BCUT2D eigenvalue weighted by Gasteiger charge is -2.23. The van der Waals surface area contributed by atoms with Gasteiger partial charge in [0.2, 0.25) is 0 Å². The first kappa shape index (κ1) is 8.56. The number of hydrogen-bond donors (Lipinski definition) is 1. The zero-order valence-electron chi connectivity index (χ0n) is 7.86. The maximum atomic E-state index is 5.82. The third-order valence-electron chi connectivity index (χ3n) is 2.37. The van der Waals surface area contributed by atoms with Gasteiger partial charge in [-0.25, -0.2) is 4.68 Å². The van der Waals surface area contributed by atoms with Crippen molar-refractivity contribution in [2.45, 2.75) is 25.8 Å². The molecule has 72 valence electrons. The number of aromatic nitrogens is 2. The third-order valence-corrected chi connectivity index (χ3v) is 2.37. The molecule has 0 saturated carbocycles. The summed E-state index contributed by atoms with van der Waals surface area (Å²) in [6.07, 6.45) is 2.22.